The van der Waals surface area contributed by atoms with E-state index in [4.69, 9.17) is 17.2 Å². The highest BCUT2D eigenvalue weighted by molar-refractivity contribution is 5.95. The molecule has 37 heavy (non-hydrogen) atoms. The van der Waals surface area contributed by atoms with Crippen molar-refractivity contribution in [2.45, 2.75) is 69.1 Å². The lowest BCUT2D eigenvalue weighted by Gasteiger charge is -2.24. The number of H-pyrrole nitrogens is 1. The molecule has 0 aliphatic rings. The summed E-state index contributed by atoms with van der Waals surface area (Å²) in [5.74, 6) is -6.24. The van der Waals surface area contributed by atoms with Crippen LogP contribution in [0.1, 0.15) is 44.2 Å². The number of nitrogens with zero attached hydrogens (tertiary/aromatic N) is 1. The maximum Gasteiger partial charge on any atom is 0.326 e. The Morgan fingerprint density at radius 1 is 0.919 bits per heavy atom. The van der Waals surface area contributed by atoms with Gasteiger partial charge in [0.15, 0.2) is 0 Å². The number of carbonyl (C=O) groups excluding carboxylic acids is 4. The van der Waals surface area contributed by atoms with Crippen LogP contribution in [0.25, 0.3) is 0 Å². The summed E-state index contributed by atoms with van der Waals surface area (Å²) in [5.41, 5.74) is 16.9. The second-order valence-corrected chi connectivity index (χ2v) is 8.30. The van der Waals surface area contributed by atoms with Crippen LogP contribution in [0, 0.1) is 0 Å². The van der Waals surface area contributed by atoms with E-state index in [0.29, 0.717) is 25.1 Å². The van der Waals surface area contributed by atoms with Gasteiger partial charge in [-0.3, -0.25) is 24.0 Å². The van der Waals surface area contributed by atoms with E-state index >= 15 is 0 Å². The maximum absolute atomic E-state index is 12.9. The van der Waals surface area contributed by atoms with Crippen LogP contribution in [0.3, 0.4) is 0 Å². The molecule has 1 heterocycles. The summed E-state index contributed by atoms with van der Waals surface area (Å²) in [7, 11) is 0. The minimum Gasteiger partial charge on any atom is -0.481 e. The van der Waals surface area contributed by atoms with Crippen molar-refractivity contribution in [2.24, 2.45) is 17.2 Å². The topological polar surface area (TPSA) is 286 Å². The lowest BCUT2D eigenvalue weighted by molar-refractivity contribution is -0.143. The highest BCUT2D eigenvalue weighted by atomic mass is 16.4. The molecule has 16 nitrogen and oxygen atoms in total. The van der Waals surface area contributed by atoms with Crippen LogP contribution in [0.4, 0.5) is 0 Å². The first-order valence-electron chi connectivity index (χ1n) is 11.5. The number of aromatic amines is 1. The Kier molecular flexibility index (Phi) is 13.3. The molecule has 0 aliphatic carbocycles. The van der Waals surface area contributed by atoms with Gasteiger partial charge in [0.05, 0.1) is 18.8 Å². The molecule has 1 aromatic rings. The first-order chi connectivity index (χ1) is 17.4. The predicted octanol–water partition coefficient (Wildman–Crippen LogP) is -3.31. The Hall–Kier alpha value is -4.05. The molecule has 0 saturated carbocycles. The molecule has 16 heteroatoms. The number of carbonyl (C=O) groups is 6. The number of carboxylic acid groups (broad SMARTS) is 2. The number of rotatable bonds is 18. The molecule has 1 aromatic heterocycles. The van der Waals surface area contributed by atoms with Crippen LogP contribution in [-0.2, 0) is 35.2 Å². The molecule has 0 bridgehead atoms. The van der Waals surface area contributed by atoms with Crippen LogP contribution in [-0.4, -0.2) is 86.5 Å². The zero-order valence-corrected chi connectivity index (χ0v) is 20.1. The molecule has 206 valence electrons. The van der Waals surface area contributed by atoms with Gasteiger partial charge in [-0.1, -0.05) is 0 Å². The van der Waals surface area contributed by atoms with Gasteiger partial charge in [0, 0.05) is 24.7 Å². The number of primary amides is 1. The van der Waals surface area contributed by atoms with Crippen molar-refractivity contribution in [1.29, 1.82) is 0 Å². The number of amides is 4. The number of carboxylic acids is 2. The first kappa shape index (κ1) is 31.0. The Morgan fingerprint density at radius 3 is 2.08 bits per heavy atom. The fraction of sp³-hybridized carbons (Fsp3) is 0.571. The van der Waals surface area contributed by atoms with Gasteiger partial charge in [-0.2, -0.15) is 0 Å². The van der Waals surface area contributed by atoms with Gasteiger partial charge < -0.3 is 48.3 Å². The van der Waals surface area contributed by atoms with E-state index in [9.17, 15) is 39.0 Å². The van der Waals surface area contributed by atoms with Crippen molar-refractivity contribution in [3.63, 3.8) is 0 Å². The van der Waals surface area contributed by atoms with Crippen molar-refractivity contribution in [1.82, 2.24) is 25.9 Å². The third-order valence-electron chi connectivity index (χ3n) is 5.22. The predicted molar refractivity (Wildman–Crippen MR) is 127 cm³/mol. The van der Waals surface area contributed by atoms with Crippen molar-refractivity contribution in [2.75, 3.05) is 6.54 Å². The number of aliphatic carboxylic acids is 2. The Morgan fingerprint density at radius 2 is 1.54 bits per heavy atom. The Labute approximate surface area is 212 Å². The van der Waals surface area contributed by atoms with Crippen LogP contribution in [0.15, 0.2) is 12.5 Å². The van der Waals surface area contributed by atoms with E-state index in [2.05, 4.69) is 25.9 Å². The Balaban J connectivity index is 2.96. The average Bonchev–Trinajstić information content (AvgIpc) is 3.32. The summed E-state index contributed by atoms with van der Waals surface area (Å²) in [6, 6.07) is -5.44. The second kappa shape index (κ2) is 15.8. The normalized spacial score (nSPS) is 14.0. The quantitative estimate of drug-likeness (QED) is 0.0853. The minimum absolute atomic E-state index is 0.0409. The van der Waals surface area contributed by atoms with Crippen molar-refractivity contribution < 1.29 is 39.0 Å². The number of aromatic nitrogens is 2. The third-order valence-corrected chi connectivity index (χ3v) is 5.22. The molecule has 0 aliphatic heterocycles. The second-order valence-electron chi connectivity index (χ2n) is 8.30. The molecule has 4 atom stereocenters. The van der Waals surface area contributed by atoms with Gasteiger partial charge in [0.25, 0.3) is 0 Å². The van der Waals surface area contributed by atoms with Crippen molar-refractivity contribution >= 4 is 35.6 Å². The zero-order chi connectivity index (χ0) is 28.0. The molecule has 0 saturated heterocycles. The first-order valence-corrected chi connectivity index (χ1v) is 11.5. The molecular formula is C21H34N8O8. The number of hydrogen-bond acceptors (Lipinski definition) is 9. The smallest absolute Gasteiger partial charge is 0.326 e. The number of hydrogen-bond donors (Lipinski definition) is 9. The molecule has 4 amide bonds. The van der Waals surface area contributed by atoms with E-state index in [1.807, 2.05) is 0 Å². The van der Waals surface area contributed by atoms with Crippen LogP contribution >= 0.6 is 0 Å². The molecule has 0 radical (unpaired) electrons. The van der Waals surface area contributed by atoms with Crippen molar-refractivity contribution in [3.8, 4) is 0 Å². The molecule has 0 spiro atoms. The summed E-state index contributed by atoms with van der Waals surface area (Å²) in [5, 5.41) is 25.4. The summed E-state index contributed by atoms with van der Waals surface area (Å²) in [6.45, 7) is 0.296. The fourth-order valence-corrected chi connectivity index (χ4v) is 3.24. The van der Waals surface area contributed by atoms with Gasteiger partial charge >= 0.3 is 11.9 Å². The average molecular weight is 527 g/mol. The number of nitrogens with one attached hydrogen (secondary N) is 4. The van der Waals surface area contributed by atoms with Crippen LogP contribution in [0.5, 0.6) is 0 Å². The standard InChI is InChI=1S/C21H34N8O8/c22-6-2-1-3-13(19(34)28-14(21(36)37)4-5-16(24)30)27-20(35)15(8-17(31)32)29-18(33)12(23)7-11-9-25-10-26-11/h9-10,12-15H,1-8,22-23H2,(H2,24,30)(H,25,26)(H,27,35)(H,28,34)(H,29,33)(H,31,32)(H,36,37). The maximum atomic E-state index is 12.9. The summed E-state index contributed by atoms with van der Waals surface area (Å²) in [4.78, 5) is 78.6. The van der Waals surface area contributed by atoms with Gasteiger partial charge in [-0.25, -0.2) is 9.78 Å². The van der Waals surface area contributed by atoms with Crippen molar-refractivity contribution in [3.05, 3.63) is 18.2 Å². The third kappa shape index (κ3) is 12.0. The van der Waals surface area contributed by atoms with E-state index in [1.165, 1.54) is 12.5 Å². The van der Waals surface area contributed by atoms with Crippen LogP contribution in [0.2, 0.25) is 0 Å². The molecular weight excluding hydrogens is 492 g/mol. The molecule has 1 rings (SSSR count). The van der Waals surface area contributed by atoms with Gasteiger partial charge in [-0.05, 0) is 32.2 Å². The molecule has 12 N–H and O–H groups in total. The highest BCUT2D eigenvalue weighted by Crippen LogP contribution is 2.06. The summed E-state index contributed by atoms with van der Waals surface area (Å²) in [6.07, 6.45) is 2.41. The van der Waals surface area contributed by atoms with E-state index in [-0.39, 0.29) is 25.7 Å². The van der Waals surface area contributed by atoms with Crippen LogP contribution < -0.4 is 33.2 Å². The largest absolute Gasteiger partial charge is 0.481 e. The number of unbranched alkanes of at least 4 members (excludes halogenated alkanes) is 1. The minimum atomic E-state index is -1.58. The van der Waals surface area contributed by atoms with Gasteiger partial charge in [0.2, 0.25) is 23.6 Å². The zero-order valence-electron chi connectivity index (χ0n) is 20.1. The van der Waals surface area contributed by atoms with E-state index in [0.717, 1.165) is 0 Å². The van der Waals surface area contributed by atoms with Gasteiger partial charge in [-0.15, -0.1) is 0 Å². The van der Waals surface area contributed by atoms with E-state index in [1.54, 1.807) is 0 Å². The SMILES string of the molecule is NCCCCC(NC(=O)C(CC(=O)O)NC(=O)C(N)Cc1cnc[nH]1)C(=O)NC(CCC(N)=O)C(=O)O. The molecule has 4 unspecified atom stereocenters. The number of nitrogens with two attached hydrogens (primary N) is 3. The lowest BCUT2D eigenvalue weighted by atomic mass is 10.0. The fourth-order valence-electron chi connectivity index (χ4n) is 3.24. The number of imidazole rings is 1. The Bertz CT molecular complexity index is 939. The summed E-state index contributed by atoms with van der Waals surface area (Å²) < 4.78 is 0. The molecule has 0 aromatic carbocycles. The van der Waals surface area contributed by atoms with E-state index < -0.39 is 66.2 Å². The summed E-state index contributed by atoms with van der Waals surface area (Å²) >= 11 is 0. The monoisotopic (exact) mass is 526 g/mol. The van der Waals surface area contributed by atoms with Gasteiger partial charge in [0.1, 0.15) is 18.1 Å². The lowest BCUT2D eigenvalue weighted by Crippen LogP contribution is -2.57. The highest BCUT2D eigenvalue weighted by Gasteiger charge is 2.31. The molecule has 0 fully saturated rings.